The van der Waals surface area contributed by atoms with Crippen LogP contribution in [-0.2, 0) is 0 Å². The van der Waals surface area contributed by atoms with Gasteiger partial charge in [0.1, 0.15) is 4.60 Å². The maximum absolute atomic E-state index is 12.4. The molecule has 1 heterocycles. The second kappa shape index (κ2) is 3.91. The van der Waals surface area contributed by atoms with Crippen LogP contribution >= 0.6 is 15.9 Å². The molecule has 0 aromatic carbocycles. The van der Waals surface area contributed by atoms with E-state index in [9.17, 15) is 13.6 Å². The van der Waals surface area contributed by atoms with Crippen LogP contribution in [0.2, 0.25) is 0 Å². The van der Waals surface area contributed by atoms with E-state index >= 15 is 0 Å². The van der Waals surface area contributed by atoms with Crippen molar-refractivity contribution in [1.82, 2.24) is 4.98 Å². The second-order valence-corrected chi connectivity index (χ2v) is 3.26. The third-order valence-electron chi connectivity index (χ3n) is 1.60. The average molecular weight is 250 g/mol. The molecule has 0 bridgehead atoms. The van der Waals surface area contributed by atoms with E-state index in [0.717, 1.165) is 6.07 Å². The maximum atomic E-state index is 12.4. The molecule has 0 aliphatic rings. The SMILES string of the molecule is Cc1nc(Br)cc(C(F)F)c1C=O. The van der Waals surface area contributed by atoms with Crippen LogP contribution < -0.4 is 0 Å². The van der Waals surface area contributed by atoms with Gasteiger partial charge in [-0.3, -0.25) is 4.79 Å². The highest BCUT2D eigenvalue weighted by Crippen LogP contribution is 2.25. The van der Waals surface area contributed by atoms with Gasteiger partial charge >= 0.3 is 0 Å². The molecule has 0 spiro atoms. The monoisotopic (exact) mass is 249 g/mol. The van der Waals surface area contributed by atoms with Crippen LogP contribution in [0.4, 0.5) is 8.78 Å². The summed E-state index contributed by atoms with van der Waals surface area (Å²) in [5.41, 5.74) is -0.00718. The summed E-state index contributed by atoms with van der Waals surface area (Å²) in [7, 11) is 0. The molecule has 70 valence electrons. The zero-order valence-corrected chi connectivity index (χ0v) is 8.31. The molecule has 0 saturated carbocycles. The van der Waals surface area contributed by atoms with Crippen LogP contribution in [0.25, 0.3) is 0 Å². The largest absolute Gasteiger partial charge is 0.298 e. The van der Waals surface area contributed by atoms with Crippen molar-refractivity contribution in [3.63, 3.8) is 0 Å². The molecule has 0 unspecified atom stereocenters. The fourth-order valence-corrected chi connectivity index (χ4v) is 1.51. The number of hydrogen-bond donors (Lipinski definition) is 0. The molecule has 1 rings (SSSR count). The van der Waals surface area contributed by atoms with Crippen molar-refractivity contribution in [2.45, 2.75) is 13.3 Å². The van der Waals surface area contributed by atoms with E-state index in [1.54, 1.807) is 0 Å². The van der Waals surface area contributed by atoms with Gasteiger partial charge < -0.3 is 0 Å². The summed E-state index contributed by atoms with van der Waals surface area (Å²) in [6, 6.07) is 1.15. The van der Waals surface area contributed by atoms with Crippen LogP contribution in [0.15, 0.2) is 10.7 Å². The molecular weight excluding hydrogens is 244 g/mol. The van der Waals surface area contributed by atoms with E-state index in [2.05, 4.69) is 20.9 Å². The van der Waals surface area contributed by atoms with E-state index in [1.165, 1.54) is 6.92 Å². The van der Waals surface area contributed by atoms with Gasteiger partial charge in [0.25, 0.3) is 6.43 Å². The fourth-order valence-electron chi connectivity index (χ4n) is 1.00. The lowest BCUT2D eigenvalue weighted by atomic mass is 10.1. The molecule has 0 radical (unpaired) electrons. The van der Waals surface area contributed by atoms with Crippen molar-refractivity contribution in [3.05, 3.63) is 27.5 Å². The Kier molecular flexibility index (Phi) is 3.08. The lowest BCUT2D eigenvalue weighted by Gasteiger charge is -2.06. The van der Waals surface area contributed by atoms with E-state index in [1.807, 2.05) is 0 Å². The number of aryl methyl sites for hydroxylation is 1. The Labute approximate surface area is 82.1 Å². The third kappa shape index (κ3) is 2.09. The third-order valence-corrected chi connectivity index (χ3v) is 2.01. The fraction of sp³-hybridized carbons (Fsp3) is 0.250. The zero-order valence-electron chi connectivity index (χ0n) is 6.72. The Hall–Kier alpha value is -0.840. The molecule has 1 aromatic rings. The number of rotatable bonds is 2. The first-order valence-corrected chi connectivity index (χ1v) is 4.26. The van der Waals surface area contributed by atoms with Gasteiger partial charge in [-0.2, -0.15) is 0 Å². The maximum Gasteiger partial charge on any atom is 0.264 e. The molecular formula is C8H6BrF2NO. The first-order valence-electron chi connectivity index (χ1n) is 3.46. The lowest BCUT2D eigenvalue weighted by molar-refractivity contribution is 0.110. The van der Waals surface area contributed by atoms with Crippen molar-refractivity contribution in [3.8, 4) is 0 Å². The first-order chi connectivity index (χ1) is 6.06. The number of carbonyl (C=O) groups is 1. The van der Waals surface area contributed by atoms with E-state index < -0.39 is 6.43 Å². The molecule has 0 atom stereocenters. The number of nitrogens with zero attached hydrogens (tertiary/aromatic N) is 1. The Balaban J connectivity index is 3.38. The molecule has 0 N–H and O–H groups in total. The summed E-state index contributed by atoms with van der Waals surface area (Å²) in [5, 5.41) is 0. The van der Waals surface area contributed by atoms with Gasteiger partial charge in [-0.25, -0.2) is 13.8 Å². The number of halogens is 3. The van der Waals surface area contributed by atoms with Crippen molar-refractivity contribution in [2.75, 3.05) is 0 Å². The van der Waals surface area contributed by atoms with Gasteiger partial charge in [0, 0.05) is 16.8 Å². The molecule has 0 saturated heterocycles. The van der Waals surface area contributed by atoms with E-state index in [0.29, 0.717) is 16.6 Å². The second-order valence-electron chi connectivity index (χ2n) is 2.45. The minimum atomic E-state index is -2.65. The summed E-state index contributed by atoms with van der Waals surface area (Å²) >= 11 is 2.98. The highest BCUT2D eigenvalue weighted by atomic mass is 79.9. The van der Waals surface area contributed by atoms with Gasteiger partial charge in [0.2, 0.25) is 0 Å². The molecule has 5 heteroatoms. The summed E-state index contributed by atoms with van der Waals surface area (Å²) in [4.78, 5) is 14.3. The average Bonchev–Trinajstić information content (AvgIpc) is 2.02. The molecule has 2 nitrogen and oxygen atoms in total. The number of aldehydes is 1. The van der Waals surface area contributed by atoms with Gasteiger partial charge in [0.15, 0.2) is 6.29 Å². The van der Waals surface area contributed by atoms with Crippen LogP contribution in [0.5, 0.6) is 0 Å². The molecule has 0 aliphatic carbocycles. The normalized spacial score (nSPS) is 10.5. The van der Waals surface area contributed by atoms with Gasteiger partial charge in [-0.15, -0.1) is 0 Å². The number of aromatic nitrogens is 1. The van der Waals surface area contributed by atoms with Gasteiger partial charge in [0.05, 0.1) is 0 Å². The summed E-state index contributed by atoms with van der Waals surface area (Å²) in [5.74, 6) is 0. The van der Waals surface area contributed by atoms with Crippen molar-refractivity contribution >= 4 is 22.2 Å². The number of hydrogen-bond acceptors (Lipinski definition) is 2. The Morgan fingerprint density at radius 3 is 2.69 bits per heavy atom. The molecule has 0 fully saturated rings. The molecule has 0 aliphatic heterocycles. The standard InChI is InChI=1S/C8H6BrF2NO/c1-4-6(3-13)5(8(10)11)2-7(9)12-4/h2-3,8H,1H3. The zero-order chi connectivity index (χ0) is 10.0. The first kappa shape index (κ1) is 10.2. The smallest absolute Gasteiger partial charge is 0.264 e. The highest BCUT2D eigenvalue weighted by molar-refractivity contribution is 9.10. The van der Waals surface area contributed by atoms with E-state index in [4.69, 9.17) is 0 Å². The Morgan fingerprint density at radius 1 is 1.62 bits per heavy atom. The van der Waals surface area contributed by atoms with Crippen molar-refractivity contribution in [1.29, 1.82) is 0 Å². The molecule has 0 amide bonds. The summed E-state index contributed by atoms with van der Waals surface area (Å²) in [6.07, 6.45) is -2.26. The molecule has 1 aromatic heterocycles. The predicted octanol–water partition coefficient (Wildman–Crippen LogP) is 2.90. The van der Waals surface area contributed by atoms with Gasteiger partial charge in [-0.1, -0.05) is 0 Å². The minimum Gasteiger partial charge on any atom is -0.298 e. The van der Waals surface area contributed by atoms with Crippen LogP contribution in [0.3, 0.4) is 0 Å². The Morgan fingerprint density at radius 2 is 2.23 bits per heavy atom. The van der Waals surface area contributed by atoms with Crippen LogP contribution in [0, 0.1) is 6.92 Å². The van der Waals surface area contributed by atoms with Gasteiger partial charge in [-0.05, 0) is 28.9 Å². The Bertz CT molecular complexity index is 341. The highest BCUT2D eigenvalue weighted by Gasteiger charge is 2.16. The van der Waals surface area contributed by atoms with Crippen LogP contribution in [0.1, 0.15) is 28.0 Å². The lowest BCUT2D eigenvalue weighted by Crippen LogP contribution is -1.99. The quantitative estimate of drug-likeness (QED) is 0.596. The number of alkyl halides is 2. The van der Waals surface area contributed by atoms with Crippen molar-refractivity contribution < 1.29 is 13.6 Å². The summed E-state index contributed by atoms with van der Waals surface area (Å²) < 4.78 is 25.0. The number of carbonyl (C=O) groups excluding carboxylic acids is 1. The van der Waals surface area contributed by atoms with Crippen LogP contribution in [-0.4, -0.2) is 11.3 Å². The predicted molar refractivity (Wildman–Crippen MR) is 47.0 cm³/mol. The summed E-state index contributed by atoms with van der Waals surface area (Å²) in [6.45, 7) is 1.51. The topological polar surface area (TPSA) is 30.0 Å². The van der Waals surface area contributed by atoms with E-state index in [-0.39, 0.29) is 11.1 Å². The van der Waals surface area contributed by atoms with Crippen molar-refractivity contribution in [2.24, 2.45) is 0 Å². The number of pyridine rings is 1. The minimum absolute atomic E-state index is 0.0294. The molecule has 13 heavy (non-hydrogen) atoms.